The lowest BCUT2D eigenvalue weighted by molar-refractivity contribution is -0.00925. The molecule has 3 atom stereocenters. The van der Waals surface area contributed by atoms with Crippen LogP contribution in [0.2, 0.25) is 0 Å². The monoisotopic (exact) mass is 247 g/mol. The summed E-state index contributed by atoms with van der Waals surface area (Å²) in [6, 6.07) is 0. The van der Waals surface area contributed by atoms with Crippen molar-refractivity contribution in [1.82, 2.24) is 5.32 Å². The summed E-state index contributed by atoms with van der Waals surface area (Å²) in [5, 5.41) is 22.0. The molecule has 3 N–H and O–H groups in total. The van der Waals surface area contributed by atoms with Crippen LogP contribution in [0.25, 0.3) is 0 Å². The van der Waals surface area contributed by atoms with Crippen LogP contribution in [0, 0.1) is 5.92 Å². The fraction of sp³-hybridized carbons (Fsp3) is 1.00. The maximum Gasteiger partial charge on any atom is 0.0897 e. The van der Waals surface area contributed by atoms with E-state index in [1.54, 1.807) is 0 Å². The molecular weight excluding hydrogens is 218 g/mol. The highest BCUT2D eigenvalue weighted by molar-refractivity contribution is 4.63. The van der Waals surface area contributed by atoms with E-state index in [1.807, 2.05) is 13.8 Å². The number of aliphatic hydroxyl groups is 2. The molecule has 0 rings (SSSR count). The Balaban J connectivity index is 3.48. The standard InChI is InChI=1S/C13H29NO3/c1-5-12(15)7-14-8-13(16)9-17-11(4)6-10(2)3/h10-16H,5-9H2,1-4H3. The third kappa shape index (κ3) is 10.7. The first-order chi connectivity index (χ1) is 7.95. The summed E-state index contributed by atoms with van der Waals surface area (Å²) in [6.07, 6.45) is 1.09. The van der Waals surface area contributed by atoms with Crippen molar-refractivity contribution >= 4 is 0 Å². The molecule has 0 aromatic heterocycles. The van der Waals surface area contributed by atoms with Crippen molar-refractivity contribution in [2.24, 2.45) is 5.92 Å². The van der Waals surface area contributed by atoms with Gasteiger partial charge >= 0.3 is 0 Å². The van der Waals surface area contributed by atoms with Crippen LogP contribution < -0.4 is 5.32 Å². The molecule has 0 aliphatic rings. The predicted molar refractivity (Wildman–Crippen MR) is 70.0 cm³/mol. The molecule has 0 radical (unpaired) electrons. The molecule has 4 nitrogen and oxygen atoms in total. The maximum atomic E-state index is 9.65. The summed E-state index contributed by atoms with van der Waals surface area (Å²) in [6.45, 7) is 9.61. The minimum absolute atomic E-state index is 0.186. The second-order valence-corrected chi connectivity index (χ2v) is 5.15. The van der Waals surface area contributed by atoms with E-state index in [-0.39, 0.29) is 12.2 Å². The summed E-state index contributed by atoms with van der Waals surface area (Å²) in [5.74, 6) is 0.611. The SMILES string of the molecule is CCC(O)CNCC(O)COC(C)CC(C)C. The predicted octanol–water partition coefficient (Wildman–Crippen LogP) is 1.16. The Morgan fingerprint density at radius 3 is 2.18 bits per heavy atom. The van der Waals surface area contributed by atoms with Gasteiger partial charge in [0.2, 0.25) is 0 Å². The molecule has 0 aliphatic heterocycles. The van der Waals surface area contributed by atoms with Crippen molar-refractivity contribution in [2.45, 2.75) is 58.8 Å². The molecule has 0 heterocycles. The molecule has 0 amide bonds. The normalized spacial score (nSPS) is 17.1. The fourth-order valence-electron chi connectivity index (χ4n) is 1.63. The van der Waals surface area contributed by atoms with Gasteiger partial charge in [-0.25, -0.2) is 0 Å². The number of ether oxygens (including phenoxy) is 1. The van der Waals surface area contributed by atoms with Crippen molar-refractivity contribution in [3.05, 3.63) is 0 Å². The molecule has 0 spiro atoms. The van der Waals surface area contributed by atoms with E-state index < -0.39 is 6.10 Å². The highest BCUT2D eigenvalue weighted by Crippen LogP contribution is 2.07. The molecular formula is C13H29NO3. The van der Waals surface area contributed by atoms with E-state index in [4.69, 9.17) is 4.74 Å². The number of hydrogen-bond acceptors (Lipinski definition) is 4. The van der Waals surface area contributed by atoms with Crippen molar-refractivity contribution < 1.29 is 14.9 Å². The summed E-state index contributed by atoms with van der Waals surface area (Å²) < 4.78 is 5.55. The van der Waals surface area contributed by atoms with E-state index in [1.165, 1.54) is 0 Å². The Hall–Kier alpha value is -0.160. The van der Waals surface area contributed by atoms with E-state index in [9.17, 15) is 10.2 Å². The van der Waals surface area contributed by atoms with Gasteiger partial charge in [-0.2, -0.15) is 0 Å². The van der Waals surface area contributed by atoms with Gasteiger partial charge < -0.3 is 20.3 Å². The Bertz CT molecular complexity index is 176. The molecule has 0 saturated carbocycles. The lowest BCUT2D eigenvalue weighted by Gasteiger charge is -2.18. The van der Waals surface area contributed by atoms with Crippen LogP contribution >= 0.6 is 0 Å². The van der Waals surface area contributed by atoms with E-state index in [0.29, 0.717) is 25.6 Å². The van der Waals surface area contributed by atoms with Gasteiger partial charge in [0.15, 0.2) is 0 Å². The van der Waals surface area contributed by atoms with Crippen molar-refractivity contribution in [3.8, 4) is 0 Å². The zero-order valence-electron chi connectivity index (χ0n) is 11.6. The molecule has 0 bridgehead atoms. The Morgan fingerprint density at radius 2 is 1.65 bits per heavy atom. The number of nitrogens with one attached hydrogen (secondary N) is 1. The van der Waals surface area contributed by atoms with Crippen LogP contribution in [0.15, 0.2) is 0 Å². The Morgan fingerprint density at radius 1 is 1.06 bits per heavy atom. The molecule has 0 saturated heterocycles. The van der Waals surface area contributed by atoms with Crippen LogP contribution in [0.1, 0.15) is 40.5 Å². The average Bonchev–Trinajstić information content (AvgIpc) is 2.25. The second kappa shape index (κ2) is 9.83. The van der Waals surface area contributed by atoms with Gasteiger partial charge in [-0.1, -0.05) is 20.8 Å². The third-order valence-corrected chi connectivity index (χ3v) is 2.61. The van der Waals surface area contributed by atoms with Gasteiger partial charge in [-0.05, 0) is 25.7 Å². The molecule has 104 valence electrons. The van der Waals surface area contributed by atoms with Crippen LogP contribution in [-0.2, 0) is 4.74 Å². The van der Waals surface area contributed by atoms with E-state index in [2.05, 4.69) is 19.2 Å². The van der Waals surface area contributed by atoms with E-state index in [0.717, 1.165) is 12.8 Å². The zero-order chi connectivity index (χ0) is 13.3. The molecule has 17 heavy (non-hydrogen) atoms. The first kappa shape index (κ1) is 16.8. The zero-order valence-corrected chi connectivity index (χ0v) is 11.6. The molecule has 4 heteroatoms. The fourth-order valence-corrected chi connectivity index (χ4v) is 1.63. The smallest absolute Gasteiger partial charge is 0.0897 e. The molecule has 0 aromatic rings. The minimum atomic E-state index is -0.506. The molecule has 0 fully saturated rings. The van der Waals surface area contributed by atoms with Crippen molar-refractivity contribution in [3.63, 3.8) is 0 Å². The lowest BCUT2D eigenvalue weighted by atomic mass is 10.1. The minimum Gasteiger partial charge on any atom is -0.392 e. The van der Waals surface area contributed by atoms with Gasteiger partial charge in [0, 0.05) is 13.1 Å². The largest absolute Gasteiger partial charge is 0.392 e. The summed E-state index contributed by atoms with van der Waals surface area (Å²) >= 11 is 0. The van der Waals surface area contributed by atoms with Crippen LogP contribution in [0.5, 0.6) is 0 Å². The highest BCUT2D eigenvalue weighted by Gasteiger charge is 2.10. The summed E-state index contributed by atoms with van der Waals surface area (Å²) in [7, 11) is 0. The number of rotatable bonds is 10. The summed E-state index contributed by atoms with van der Waals surface area (Å²) in [4.78, 5) is 0. The van der Waals surface area contributed by atoms with Crippen molar-refractivity contribution in [2.75, 3.05) is 19.7 Å². The van der Waals surface area contributed by atoms with Gasteiger partial charge in [-0.3, -0.25) is 0 Å². The quantitative estimate of drug-likeness (QED) is 0.542. The summed E-state index contributed by atoms with van der Waals surface area (Å²) in [5.41, 5.74) is 0. The van der Waals surface area contributed by atoms with Gasteiger partial charge in [0.05, 0.1) is 24.9 Å². The van der Waals surface area contributed by atoms with Gasteiger partial charge in [-0.15, -0.1) is 0 Å². The Labute approximate surface area is 105 Å². The third-order valence-electron chi connectivity index (χ3n) is 2.61. The molecule has 0 aromatic carbocycles. The Kier molecular flexibility index (Phi) is 9.74. The highest BCUT2D eigenvalue weighted by atomic mass is 16.5. The lowest BCUT2D eigenvalue weighted by Crippen LogP contribution is -2.35. The number of hydrogen-bond donors (Lipinski definition) is 3. The van der Waals surface area contributed by atoms with Gasteiger partial charge in [0.25, 0.3) is 0 Å². The van der Waals surface area contributed by atoms with Crippen LogP contribution in [-0.4, -0.2) is 48.2 Å². The first-order valence-electron chi connectivity index (χ1n) is 6.64. The number of aliphatic hydroxyl groups excluding tert-OH is 2. The van der Waals surface area contributed by atoms with Crippen molar-refractivity contribution in [1.29, 1.82) is 0 Å². The first-order valence-corrected chi connectivity index (χ1v) is 6.64. The molecule has 0 aliphatic carbocycles. The van der Waals surface area contributed by atoms with Crippen LogP contribution in [0.4, 0.5) is 0 Å². The van der Waals surface area contributed by atoms with E-state index >= 15 is 0 Å². The second-order valence-electron chi connectivity index (χ2n) is 5.15. The maximum absolute atomic E-state index is 9.65. The van der Waals surface area contributed by atoms with Crippen LogP contribution in [0.3, 0.4) is 0 Å². The topological polar surface area (TPSA) is 61.7 Å². The molecule has 3 unspecified atom stereocenters. The van der Waals surface area contributed by atoms with Gasteiger partial charge in [0.1, 0.15) is 0 Å². The average molecular weight is 247 g/mol.